The van der Waals surface area contributed by atoms with E-state index >= 15 is 0 Å². The highest BCUT2D eigenvalue weighted by molar-refractivity contribution is 5.08. The monoisotopic (exact) mass is 277 g/mol. The molecule has 5 heteroatoms. The van der Waals surface area contributed by atoms with Gasteiger partial charge in [-0.25, -0.2) is 0 Å². The van der Waals surface area contributed by atoms with Crippen molar-refractivity contribution in [2.45, 2.75) is 12.6 Å². The van der Waals surface area contributed by atoms with E-state index in [2.05, 4.69) is 20.9 Å². The van der Waals surface area contributed by atoms with Gasteiger partial charge in [-0.1, -0.05) is 6.07 Å². The minimum Gasteiger partial charge on any atom is -0.376 e. The van der Waals surface area contributed by atoms with Gasteiger partial charge >= 0.3 is 0 Å². The first-order valence-electron chi connectivity index (χ1n) is 7.43. The minimum absolute atomic E-state index is 0.258. The summed E-state index contributed by atoms with van der Waals surface area (Å²) in [7, 11) is 0. The van der Waals surface area contributed by atoms with Crippen LogP contribution >= 0.6 is 0 Å². The predicted octanol–water partition coefficient (Wildman–Crippen LogP) is 0.615. The molecule has 0 aliphatic carbocycles. The largest absolute Gasteiger partial charge is 0.376 e. The van der Waals surface area contributed by atoms with E-state index in [-0.39, 0.29) is 6.10 Å². The van der Waals surface area contributed by atoms with Gasteiger partial charge < -0.3 is 9.47 Å². The fraction of sp³-hybridized carbons (Fsp3) is 0.667. The lowest BCUT2D eigenvalue weighted by molar-refractivity contribution is -0.1000. The molecule has 3 heterocycles. The molecule has 0 radical (unpaired) electrons. The summed E-state index contributed by atoms with van der Waals surface area (Å²) < 4.78 is 11.2. The van der Waals surface area contributed by atoms with Crippen LogP contribution in [-0.4, -0.2) is 73.4 Å². The highest BCUT2D eigenvalue weighted by Crippen LogP contribution is 2.10. The fourth-order valence-electron chi connectivity index (χ4n) is 2.81. The maximum Gasteiger partial charge on any atom is 0.0936 e. The van der Waals surface area contributed by atoms with E-state index in [9.17, 15) is 0 Å². The Balaban J connectivity index is 1.40. The number of hydrogen-bond donors (Lipinski definition) is 0. The average Bonchev–Trinajstić information content (AvgIpc) is 2.51. The quantitative estimate of drug-likeness (QED) is 0.806. The van der Waals surface area contributed by atoms with Crippen molar-refractivity contribution in [1.29, 1.82) is 0 Å². The fourth-order valence-corrected chi connectivity index (χ4v) is 2.81. The van der Waals surface area contributed by atoms with Crippen LogP contribution < -0.4 is 0 Å². The smallest absolute Gasteiger partial charge is 0.0936 e. The third kappa shape index (κ3) is 3.99. The standard InChI is InChI=1S/C15H23N3O2/c1-2-14(10-16-3-1)11-17-4-6-18(7-5-17)12-15-13-19-8-9-20-15/h1-3,10,15H,4-9,11-13H2. The molecule has 2 saturated heterocycles. The molecule has 110 valence electrons. The van der Waals surface area contributed by atoms with Crippen LogP contribution in [0.4, 0.5) is 0 Å². The summed E-state index contributed by atoms with van der Waals surface area (Å²) >= 11 is 0. The molecule has 3 rings (SSSR count). The van der Waals surface area contributed by atoms with Crippen LogP contribution in [0.3, 0.4) is 0 Å². The van der Waals surface area contributed by atoms with E-state index in [1.54, 1.807) is 0 Å². The Labute approximate surface area is 120 Å². The number of rotatable bonds is 4. The molecule has 2 aliphatic heterocycles. The lowest BCUT2D eigenvalue weighted by Crippen LogP contribution is -2.49. The molecule has 1 aromatic rings. The Morgan fingerprint density at radius 1 is 1.15 bits per heavy atom. The minimum atomic E-state index is 0.258. The van der Waals surface area contributed by atoms with Crippen molar-refractivity contribution in [3.05, 3.63) is 30.1 Å². The summed E-state index contributed by atoms with van der Waals surface area (Å²) in [5.74, 6) is 0. The van der Waals surface area contributed by atoms with Crippen LogP contribution in [0.1, 0.15) is 5.56 Å². The molecule has 0 amide bonds. The molecule has 0 aromatic carbocycles. The molecule has 0 saturated carbocycles. The van der Waals surface area contributed by atoms with E-state index in [0.717, 1.165) is 59.1 Å². The van der Waals surface area contributed by atoms with Crippen molar-refractivity contribution in [2.24, 2.45) is 0 Å². The lowest BCUT2D eigenvalue weighted by atomic mass is 10.2. The number of hydrogen-bond acceptors (Lipinski definition) is 5. The van der Waals surface area contributed by atoms with Gasteiger partial charge in [0, 0.05) is 51.7 Å². The molecular formula is C15H23N3O2. The number of aromatic nitrogens is 1. The van der Waals surface area contributed by atoms with Gasteiger partial charge in [-0.3, -0.25) is 14.8 Å². The van der Waals surface area contributed by atoms with Crippen molar-refractivity contribution in [3.8, 4) is 0 Å². The third-order valence-corrected chi connectivity index (χ3v) is 3.94. The molecule has 2 aliphatic rings. The normalized spacial score (nSPS) is 25.7. The van der Waals surface area contributed by atoms with Crippen LogP contribution in [0.2, 0.25) is 0 Å². The summed E-state index contributed by atoms with van der Waals surface area (Å²) in [6, 6.07) is 4.15. The van der Waals surface area contributed by atoms with Crippen molar-refractivity contribution in [3.63, 3.8) is 0 Å². The average molecular weight is 277 g/mol. The summed E-state index contributed by atoms with van der Waals surface area (Å²) in [6.07, 6.45) is 4.04. The Morgan fingerprint density at radius 3 is 2.70 bits per heavy atom. The molecule has 2 fully saturated rings. The Kier molecular flexibility index (Phi) is 4.97. The summed E-state index contributed by atoms with van der Waals surface area (Å²) in [4.78, 5) is 9.15. The third-order valence-electron chi connectivity index (χ3n) is 3.94. The molecule has 0 N–H and O–H groups in total. The predicted molar refractivity (Wildman–Crippen MR) is 76.5 cm³/mol. The van der Waals surface area contributed by atoms with Crippen molar-refractivity contribution in [2.75, 3.05) is 52.5 Å². The van der Waals surface area contributed by atoms with Gasteiger partial charge in [0.1, 0.15) is 0 Å². The first kappa shape index (κ1) is 13.9. The van der Waals surface area contributed by atoms with Crippen LogP contribution in [-0.2, 0) is 16.0 Å². The SMILES string of the molecule is c1cncc(CN2CCN(CC3COCCO3)CC2)c1. The van der Waals surface area contributed by atoms with Crippen LogP contribution in [0.15, 0.2) is 24.5 Å². The number of piperazine rings is 1. The first-order valence-corrected chi connectivity index (χ1v) is 7.43. The molecular weight excluding hydrogens is 254 g/mol. The Hall–Kier alpha value is -1.01. The van der Waals surface area contributed by atoms with Gasteiger partial charge in [-0.2, -0.15) is 0 Å². The Bertz CT molecular complexity index is 387. The summed E-state index contributed by atoms with van der Waals surface area (Å²) in [6.45, 7) is 8.69. The van der Waals surface area contributed by atoms with E-state index in [0.29, 0.717) is 0 Å². The lowest BCUT2D eigenvalue weighted by Gasteiger charge is -2.37. The van der Waals surface area contributed by atoms with Gasteiger partial charge in [0.25, 0.3) is 0 Å². The topological polar surface area (TPSA) is 37.8 Å². The second kappa shape index (κ2) is 7.13. The van der Waals surface area contributed by atoms with Gasteiger partial charge in [0.2, 0.25) is 0 Å². The maximum atomic E-state index is 5.71. The molecule has 20 heavy (non-hydrogen) atoms. The highest BCUT2D eigenvalue weighted by atomic mass is 16.6. The zero-order chi connectivity index (χ0) is 13.6. The number of nitrogens with zero attached hydrogens (tertiary/aromatic N) is 3. The van der Waals surface area contributed by atoms with E-state index in [1.807, 2.05) is 18.5 Å². The molecule has 1 aromatic heterocycles. The van der Waals surface area contributed by atoms with Gasteiger partial charge in [0.15, 0.2) is 0 Å². The maximum absolute atomic E-state index is 5.71. The van der Waals surface area contributed by atoms with Crippen molar-refractivity contribution >= 4 is 0 Å². The number of pyridine rings is 1. The van der Waals surface area contributed by atoms with E-state index < -0.39 is 0 Å². The zero-order valence-electron chi connectivity index (χ0n) is 11.9. The van der Waals surface area contributed by atoms with Crippen molar-refractivity contribution < 1.29 is 9.47 Å². The molecule has 0 spiro atoms. The second-order valence-corrected chi connectivity index (χ2v) is 5.51. The van der Waals surface area contributed by atoms with Crippen LogP contribution in [0.25, 0.3) is 0 Å². The van der Waals surface area contributed by atoms with Crippen molar-refractivity contribution in [1.82, 2.24) is 14.8 Å². The molecule has 0 bridgehead atoms. The number of ether oxygens (including phenoxy) is 2. The Morgan fingerprint density at radius 2 is 2.00 bits per heavy atom. The molecule has 1 unspecified atom stereocenters. The van der Waals surface area contributed by atoms with Gasteiger partial charge in [-0.05, 0) is 11.6 Å². The van der Waals surface area contributed by atoms with Crippen LogP contribution in [0.5, 0.6) is 0 Å². The van der Waals surface area contributed by atoms with E-state index in [1.165, 1.54) is 5.56 Å². The first-order chi connectivity index (χ1) is 9.90. The van der Waals surface area contributed by atoms with Crippen LogP contribution in [0, 0.1) is 0 Å². The van der Waals surface area contributed by atoms with Gasteiger partial charge in [-0.15, -0.1) is 0 Å². The zero-order valence-corrected chi connectivity index (χ0v) is 11.9. The summed E-state index contributed by atoms with van der Waals surface area (Å²) in [5.41, 5.74) is 1.30. The second-order valence-electron chi connectivity index (χ2n) is 5.51. The van der Waals surface area contributed by atoms with Gasteiger partial charge in [0.05, 0.1) is 25.9 Å². The highest BCUT2D eigenvalue weighted by Gasteiger charge is 2.22. The molecule has 1 atom stereocenters. The summed E-state index contributed by atoms with van der Waals surface area (Å²) in [5, 5.41) is 0. The molecule has 5 nitrogen and oxygen atoms in total. The van der Waals surface area contributed by atoms with E-state index in [4.69, 9.17) is 9.47 Å².